The third-order valence-corrected chi connectivity index (χ3v) is 4.70. The van der Waals surface area contributed by atoms with Crippen LogP contribution in [0.1, 0.15) is 38.2 Å². The second kappa shape index (κ2) is 5.57. The van der Waals surface area contributed by atoms with Crippen LogP contribution >= 0.6 is 0 Å². The smallest absolute Gasteiger partial charge is 0.311 e. The lowest BCUT2D eigenvalue weighted by molar-refractivity contribution is -0.146. The highest BCUT2D eigenvalue weighted by Crippen LogP contribution is 2.57. The highest BCUT2D eigenvalue weighted by Gasteiger charge is 2.63. The second-order valence-electron chi connectivity index (χ2n) is 5.85. The van der Waals surface area contributed by atoms with Gasteiger partial charge in [0.05, 0.1) is 18.1 Å². The maximum atomic E-state index is 12.2. The minimum Gasteiger partial charge on any atom is -0.466 e. The van der Waals surface area contributed by atoms with Gasteiger partial charge in [-0.05, 0) is 44.8 Å². The van der Waals surface area contributed by atoms with E-state index in [2.05, 4.69) is 29.2 Å². The highest BCUT2D eigenvalue weighted by molar-refractivity contribution is 5.79. The zero-order valence-corrected chi connectivity index (χ0v) is 12.2. The van der Waals surface area contributed by atoms with Crippen LogP contribution < -0.4 is 0 Å². The standard InChI is InChI=1S/C17H23NO2/c1-2-20-16(19)15-13-17(15,14-9-5-3-6-10-14)18-11-7-4-8-12-18/h3,5-6,9-10,15H,2,4,7-8,11-13H2,1H3. The number of esters is 1. The average molecular weight is 273 g/mol. The van der Waals surface area contributed by atoms with E-state index in [0.717, 1.165) is 19.5 Å². The first-order chi connectivity index (χ1) is 9.79. The Morgan fingerprint density at radius 3 is 2.60 bits per heavy atom. The lowest BCUT2D eigenvalue weighted by Crippen LogP contribution is -2.41. The van der Waals surface area contributed by atoms with Crippen molar-refractivity contribution in [1.29, 1.82) is 0 Å². The molecule has 1 aromatic carbocycles. The Morgan fingerprint density at radius 1 is 1.25 bits per heavy atom. The van der Waals surface area contributed by atoms with Crippen molar-refractivity contribution in [3.8, 4) is 0 Å². The summed E-state index contributed by atoms with van der Waals surface area (Å²) in [5, 5.41) is 0. The molecule has 20 heavy (non-hydrogen) atoms. The number of likely N-dealkylation sites (tertiary alicyclic amines) is 1. The van der Waals surface area contributed by atoms with Gasteiger partial charge in [-0.15, -0.1) is 0 Å². The van der Waals surface area contributed by atoms with Gasteiger partial charge in [0.15, 0.2) is 0 Å². The first-order valence-electron chi connectivity index (χ1n) is 7.76. The van der Waals surface area contributed by atoms with Crippen molar-refractivity contribution >= 4 is 5.97 Å². The van der Waals surface area contributed by atoms with Crippen LogP contribution in [0.5, 0.6) is 0 Å². The molecule has 3 rings (SSSR count). The molecule has 0 amide bonds. The van der Waals surface area contributed by atoms with Gasteiger partial charge in [-0.1, -0.05) is 36.8 Å². The zero-order valence-electron chi connectivity index (χ0n) is 12.2. The van der Waals surface area contributed by atoms with Crippen LogP contribution in [0.15, 0.2) is 30.3 Å². The number of benzene rings is 1. The van der Waals surface area contributed by atoms with Gasteiger partial charge in [0.25, 0.3) is 0 Å². The van der Waals surface area contributed by atoms with E-state index in [1.807, 2.05) is 13.0 Å². The van der Waals surface area contributed by atoms with Crippen molar-refractivity contribution in [3.63, 3.8) is 0 Å². The number of hydrogen-bond donors (Lipinski definition) is 0. The van der Waals surface area contributed by atoms with E-state index in [1.165, 1.54) is 24.8 Å². The number of nitrogens with zero attached hydrogens (tertiary/aromatic N) is 1. The summed E-state index contributed by atoms with van der Waals surface area (Å²) in [6, 6.07) is 10.5. The summed E-state index contributed by atoms with van der Waals surface area (Å²) in [6.07, 6.45) is 4.70. The Balaban J connectivity index is 1.87. The molecule has 1 aliphatic carbocycles. The van der Waals surface area contributed by atoms with Gasteiger partial charge >= 0.3 is 5.97 Å². The fourth-order valence-electron chi connectivity index (χ4n) is 3.64. The van der Waals surface area contributed by atoms with Gasteiger partial charge in [0.1, 0.15) is 0 Å². The van der Waals surface area contributed by atoms with Crippen molar-refractivity contribution in [2.75, 3.05) is 19.7 Å². The van der Waals surface area contributed by atoms with Crippen LogP contribution in [-0.2, 0) is 15.1 Å². The number of rotatable bonds is 4. The van der Waals surface area contributed by atoms with Gasteiger partial charge in [0.2, 0.25) is 0 Å². The van der Waals surface area contributed by atoms with Crippen LogP contribution in [0.4, 0.5) is 0 Å². The van der Waals surface area contributed by atoms with Gasteiger partial charge < -0.3 is 4.74 Å². The topological polar surface area (TPSA) is 29.5 Å². The SMILES string of the molecule is CCOC(=O)C1CC1(c1ccccc1)N1CCCCC1. The molecule has 2 atom stereocenters. The number of piperidine rings is 1. The van der Waals surface area contributed by atoms with Crippen molar-refractivity contribution in [1.82, 2.24) is 4.90 Å². The predicted molar refractivity (Wildman–Crippen MR) is 78.3 cm³/mol. The second-order valence-corrected chi connectivity index (χ2v) is 5.85. The fraction of sp³-hybridized carbons (Fsp3) is 0.588. The molecule has 0 radical (unpaired) electrons. The lowest BCUT2D eigenvalue weighted by atomic mass is 9.97. The number of ether oxygens (including phenoxy) is 1. The minimum atomic E-state index is -0.0894. The first kappa shape index (κ1) is 13.6. The normalized spacial score (nSPS) is 29.9. The molecule has 3 nitrogen and oxygen atoms in total. The highest BCUT2D eigenvalue weighted by atomic mass is 16.5. The minimum absolute atomic E-state index is 0.0166. The third kappa shape index (κ3) is 2.24. The summed E-state index contributed by atoms with van der Waals surface area (Å²) in [7, 11) is 0. The van der Waals surface area contributed by atoms with Crippen molar-refractivity contribution in [3.05, 3.63) is 35.9 Å². The number of carbonyl (C=O) groups excluding carboxylic acids is 1. The molecule has 2 aliphatic rings. The largest absolute Gasteiger partial charge is 0.466 e. The van der Waals surface area contributed by atoms with Crippen molar-refractivity contribution < 1.29 is 9.53 Å². The molecule has 0 spiro atoms. The molecule has 2 unspecified atom stereocenters. The molecule has 1 heterocycles. The van der Waals surface area contributed by atoms with Crippen molar-refractivity contribution in [2.24, 2.45) is 5.92 Å². The average Bonchev–Trinajstić information content (AvgIpc) is 3.26. The molecular formula is C17H23NO2. The van der Waals surface area contributed by atoms with Crippen LogP contribution in [0, 0.1) is 5.92 Å². The quantitative estimate of drug-likeness (QED) is 0.790. The van der Waals surface area contributed by atoms with E-state index < -0.39 is 0 Å². The van der Waals surface area contributed by atoms with Crippen molar-refractivity contribution in [2.45, 2.75) is 38.1 Å². The summed E-state index contributed by atoms with van der Waals surface area (Å²) in [5.74, 6) is -0.00937. The van der Waals surface area contributed by atoms with E-state index in [-0.39, 0.29) is 17.4 Å². The first-order valence-corrected chi connectivity index (χ1v) is 7.76. The molecule has 1 aromatic rings. The van der Waals surface area contributed by atoms with Crippen LogP contribution in [-0.4, -0.2) is 30.6 Å². The molecule has 2 fully saturated rings. The van der Waals surface area contributed by atoms with Crippen LogP contribution in [0.2, 0.25) is 0 Å². The van der Waals surface area contributed by atoms with Gasteiger partial charge in [-0.2, -0.15) is 0 Å². The van der Waals surface area contributed by atoms with E-state index in [9.17, 15) is 4.79 Å². The molecule has 1 saturated carbocycles. The van der Waals surface area contributed by atoms with Gasteiger partial charge in [0, 0.05) is 0 Å². The third-order valence-electron chi connectivity index (χ3n) is 4.70. The number of carbonyl (C=O) groups is 1. The van der Waals surface area contributed by atoms with E-state index in [0.29, 0.717) is 6.61 Å². The monoisotopic (exact) mass is 273 g/mol. The maximum absolute atomic E-state index is 12.2. The predicted octanol–water partition coefficient (Wildman–Crippen LogP) is 2.95. The summed E-state index contributed by atoms with van der Waals surface area (Å²) in [5.41, 5.74) is 1.19. The van der Waals surface area contributed by atoms with Gasteiger partial charge in [-0.3, -0.25) is 9.69 Å². The Kier molecular flexibility index (Phi) is 3.79. The Labute approximate surface area is 120 Å². The Morgan fingerprint density at radius 2 is 1.95 bits per heavy atom. The molecule has 0 aromatic heterocycles. The maximum Gasteiger partial charge on any atom is 0.311 e. The summed E-state index contributed by atoms with van der Waals surface area (Å²) in [6.45, 7) is 4.56. The van der Waals surface area contributed by atoms with Crippen LogP contribution in [0.25, 0.3) is 0 Å². The lowest BCUT2D eigenvalue weighted by Gasteiger charge is -2.36. The van der Waals surface area contributed by atoms with E-state index >= 15 is 0 Å². The number of hydrogen-bond acceptors (Lipinski definition) is 3. The van der Waals surface area contributed by atoms with E-state index in [1.54, 1.807) is 0 Å². The molecular weight excluding hydrogens is 250 g/mol. The fourth-order valence-corrected chi connectivity index (χ4v) is 3.64. The molecule has 3 heteroatoms. The van der Waals surface area contributed by atoms with Crippen LogP contribution in [0.3, 0.4) is 0 Å². The van der Waals surface area contributed by atoms with Gasteiger partial charge in [-0.25, -0.2) is 0 Å². The zero-order chi connectivity index (χ0) is 14.0. The molecule has 0 bridgehead atoms. The Bertz CT molecular complexity index is 467. The summed E-state index contributed by atoms with van der Waals surface area (Å²) < 4.78 is 5.27. The molecule has 1 saturated heterocycles. The summed E-state index contributed by atoms with van der Waals surface area (Å²) in [4.78, 5) is 14.7. The molecule has 1 aliphatic heterocycles. The molecule has 108 valence electrons. The summed E-state index contributed by atoms with van der Waals surface area (Å²) >= 11 is 0. The molecule has 0 N–H and O–H groups in total. The Hall–Kier alpha value is -1.35. The van der Waals surface area contributed by atoms with E-state index in [4.69, 9.17) is 4.74 Å².